The van der Waals surface area contributed by atoms with Gasteiger partial charge in [0.1, 0.15) is 5.75 Å². The second kappa shape index (κ2) is 12.1. The van der Waals surface area contributed by atoms with Crippen LogP contribution in [0.3, 0.4) is 0 Å². The minimum atomic E-state index is -0.0530. The zero-order chi connectivity index (χ0) is 18.5. The van der Waals surface area contributed by atoms with Crippen LogP contribution in [0.5, 0.6) is 11.5 Å². The molecule has 0 aliphatic heterocycles. The number of nitrogens with zero attached hydrogens (tertiary/aromatic N) is 7. The Morgan fingerprint density at radius 2 is 1.55 bits per heavy atom. The molecule has 0 fully saturated rings. The van der Waals surface area contributed by atoms with E-state index in [0.29, 0.717) is 10.5 Å². The van der Waals surface area contributed by atoms with Crippen LogP contribution in [0.1, 0.15) is 14.9 Å². The van der Waals surface area contributed by atoms with Crippen molar-refractivity contribution in [3.8, 4) is 22.9 Å². The molecule has 29 heavy (non-hydrogen) atoms. The second-order valence-corrected chi connectivity index (χ2v) is 5.53. The minimum Gasteiger partial charge on any atom is -0.872 e. The van der Waals surface area contributed by atoms with E-state index in [1.165, 1.54) is 21.5 Å². The number of aromatic hydroxyl groups is 1. The quantitative estimate of drug-likeness (QED) is 0.222. The molecule has 2 radical (unpaired) electrons. The third kappa shape index (κ3) is 6.76. The number of nitrogens with one attached hydrogen (secondary N) is 1. The molecule has 0 atom stereocenters. The van der Waals surface area contributed by atoms with E-state index in [1.807, 2.05) is 0 Å². The number of aromatic amines is 1. The van der Waals surface area contributed by atoms with Gasteiger partial charge >= 0.3 is 23.9 Å². The molecule has 4 aromatic rings. The Morgan fingerprint density at radius 3 is 2.03 bits per heavy atom. The van der Waals surface area contributed by atoms with Crippen molar-refractivity contribution in [3.63, 3.8) is 0 Å². The maximum atomic E-state index is 10.8. The largest absolute Gasteiger partial charge is 2.00 e. The molecule has 0 bridgehead atoms. The first-order valence-electron chi connectivity index (χ1n) is 7.07. The molecular weight excluding hydrogens is 519 g/mol. The SMILES string of the molecule is C.C.Oc1ccc(-n2[nH]nnc2=S)cc1.[O-]c1ccc(-n2nnnc2[S-])cc1.[Sn+2]. The number of H-pyrrole nitrogens is 1. The van der Waals surface area contributed by atoms with E-state index in [2.05, 4.69) is 31.1 Å². The minimum absolute atomic E-state index is 0. The number of benzene rings is 2. The molecule has 0 aliphatic rings. The van der Waals surface area contributed by atoms with Gasteiger partial charge in [-0.3, -0.25) is 0 Å². The standard InChI is InChI=1S/2C7H6N4OS.2CH4.Sn/c2*12-6-3-1-5(2-4-6)11-7(13)8-9-10-11;;;/h2*1-4,12H,(H,8,10,13);2*1H4;/q;;;;+2/p-2. The molecule has 2 aromatic carbocycles. The Hall–Kier alpha value is -2.58. The van der Waals surface area contributed by atoms with Crippen molar-refractivity contribution < 1.29 is 10.2 Å². The molecule has 2 heterocycles. The molecule has 0 amide bonds. The Morgan fingerprint density at radius 1 is 0.966 bits per heavy atom. The van der Waals surface area contributed by atoms with Gasteiger partial charge in [-0.25, -0.2) is 9.36 Å². The Kier molecular flexibility index (Phi) is 11.0. The van der Waals surface area contributed by atoms with Gasteiger partial charge in [-0.05, 0) is 59.0 Å². The summed E-state index contributed by atoms with van der Waals surface area (Å²) < 4.78 is 3.27. The molecule has 2 N–H and O–H groups in total. The van der Waals surface area contributed by atoms with Crippen molar-refractivity contribution in [2.24, 2.45) is 0 Å². The van der Waals surface area contributed by atoms with Crippen molar-refractivity contribution in [1.29, 1.82) is 0 Å². The third-order valence-corrected chi connectivity index (χ3v) is 3.62. The van der Waals surface area contributed by atoms with Crippen molar-refractivity contribution in [2.75, 3.05) is 0 Å². The van der Waals surface area contributed by atoms with Crippen LogP contribution in [0.2, 0.25) is 0 Å². The number of phenols is 1. The predicted molar refractivity (Wildman–Crippen MR) is 112 cm³/mol. The van der Waals surface area contributed by atoms with Crippen LogP contribution < -0.4 is 5.11 Å². The number of hydrogen-bond donors (Lipinski definition) is 2. The van der Waals surface area contributed by atoms with Crippen molar-refractivity contribution in [3.05, 3.63) is 53.3 Å². The van der Waals surface area contributed by atoms with Crippen LogP contribution in [-0.4, -0.2) is 69.4 Å². The molecule has 4 rings (SSSR count). The molecule has 150 valence electrons. The van der Waals surface area contributed by atoms with E-state index in [-0.39, 0.29) is 55.4 Å². The third-order valence-electron chi connectivity index (χ3n) is 3.10. The summed E-state index contributed by atoms with van der Waals surface area (Å²) in [5, 5.41) is 40.5. The summed E-state index contributed by atoms with van der Waals surface area (Å²) in [4.78, 5) is 0. The van der Waals surface area contributed by atoms with Crippen LogP contribution in [0.25, 0.3) is 11.4 Å². The summed E-state index contributed by atoms with van der Waals surface area (Å²) in [6.45, 7) is 0. The van der Waals surface area contributed by atoms with Crippen molar-refractivity contribution in [1.82, 2.24) is 40.4 Å². The molecule has 13 heteroatoms. The molecule has 0 unspecified atom stereocenters. The number of rotatable bonds is 2. The predicted octanol–water partition coefficient (Wildman–Crippen LogP) is 1.56. The first-order chi connectivity index (χ1) is 12.5. The van der Waals surface area contributed by atoms with E-state index in [4.69, 9.17) is 30.0 Å². The van der Waals surface area contributed by atoms with Gasteiger partial charge in [-0.2, -0.15) is 5.21 Å². The zero-order valence-electron chi connectivity index (χ0n) is 13.4. The molecular formula is C16H18N8O2S2Sn. The first-order valence-corrected chi connectivity index (χ1v) is 7.88. The zero-order valence-corrected chi connectivity index (χ0v) is 17.9. The van der Waals surface area contributed by atoms with Crippen LogP contribution in [0.15, 0.2) is 53.7 Å². The summed E-state index contributed by atoms with van der Waals surface area (Å²) in [5.74, 6) is 0.158. The number of hydrogen-bond acceptors (Lipinski definition) is 9. The molecule has 10 nitrogen and oxygen atoms in total. The van der Waals surface area contributed by atoms with E-state index in [1.54, 1.807) is 36.4 Å². The average Bonchev–Trinajstić information content (AvgIpc) is 3.25. The summed E-state index contributed by atoms with van der Waals surface area (Å²) >= 11 is 9.74. The van der Waals surface area contributed by atoms with Gasteiger partial charge in [0.15, 0.2) is 0 Å². The summed E-state index contributed by atoms with van der Waals surface area (Å²) in [6.07, 6.45) is 0. The van der Waals surface area contributed by atoms with E-state index >= 15 is 0 Å². The van der Waals surface area contributed by atoms with Gasteiger partial charge in [0.2, 0.25) is 4.77 Å². The maximum absolute atomic E-state index is 10.8. The van der Waals surface area contributed by atoms with E-state index in [0.717, 1.165) is 5.69 Å². The molecule has 0 saturated heterocycles. The summed E-state index contributed by atoms with van der Waals surface area (Å²) in [6, 6.07) is 12.7. The van der Waals surface area contributed by atoms with Gasteiger partial charge in [-0.15, -0.1) is 10.8 Å². The Balaban J connectivity index is 0.000000490. The van der Waals surface area contributed by atoms with Gasteiger partial charge in [0.25, 0.3) is 0 Å². The second-order valence-electron chi connectivity index (χ2n) is 4.80. The topological polar surface area (TPSA) is 133 Å². The van der Waals surface area contributed by atoms with Crippen LogP contribution in [0, 0.1) is 4.77 Å². The van der Waals surface area contributed by atoms with Crippen LogP contribution in [-0.2, 0) is 12.6 Å². The summed E-state index contributed by atoms with van der Waals surface area (Å²) in [7, 11) is 0. The van der Waals surface area contributed by atoms with Gasteiger partial charge in [-0.1, -0.05) is 37.3 Å². The van der Waals surface area contributed by atoms with E-state index in [9.17, 15) is 5.11 Å². The van der Waals surface area contributed by atoms with Crippen LogP contribution in [0.4, 0.5) is 0 Å². The van der Waals surface area contributed by atoms with Crippen LogP contribution >= 0.6 is 12.2 Å². The fraction of sp³-hybridized carbons (Fsp3) is 0.125. The fourth-order valence-corrected chi connectivity index (χ4v) is 2.26. The van der Waals surface area contributed by atoms with Crippen molar-refractivity contribution >= 4 is 48.8 Å². The van der Waals surface area contributed by atoms with Gasteiger partial charge in [0, 0.05) is 5.16 Å². The monoisotopic (exact) mass is 538 g/mol. The molecule has 0 spiro atoms. The van der Waals surface area contributed by atoms with Gasteiger partial charge < -0.3 is 22.8 Å². The fourth-order valence-electron chi connectivity index (χ4n) is 1.90. The van der Waals surface area contributed by atoms with Crippen molar-refractivity contribution in [2.45, 2.75) is 20.0 Å². The molecule has 0 aliphatic carbocycles. The first kappa shape index (κ1) is 26.4. The maximum Gasteiger partial charge on any atom is 2.00 e. The number of phenolic OH excluding ortho intramolecular Hbond substituents is 1. The summed E-state index contributed by atoms with van der Waals surface area (Å²) in [5.41, 5.74) is 1.47. The normalized spacial score (nSPS) is 9.10. The molecule has 0 saturated carbocycles. The molecule has 2 aromatic heterocycles. The average molecular weight is 537 g/mol. The van der Waals surface area contributed by atoms with E-state index < -0.39 is 0 Å². The Bertz CT molecular complexity index is 1050. The Labute approximate surface area is 194 Å². The van der Waals surface area contributed by atoms with Gasteiger partial charge in [0.05, 0.1) is 11.4 Å². The smallest absolute Gasteiger partial charge is 0.872 e. The number of tetrazole rings is 2. The number of aromatic nitrogens is 8.